The Morgan fingerprint density at radius 1 is 1.52 bits per heavy atom. The maximum Gasteiger partial charge on any atom is 0.255 e. The molecule has 0 radical (unpaired) electrons. The van der Waals surface area contributed by atoms with Crippen LogP contribution in [0, 0.1) is 11.8 Å². The van der Waals surface area contributed by atoms with E-state index in [4.69, 9.17) is 5.11 Å². The molecule has 0 aromatic carbocycles. The second kappa shape index (κ2) is 7.60. The first-order valence-electron chi connectivity index (χ1n) is 7.33. The number of hydrogen-bond donors (Lipinski definition) is 1. The molecule has 2 heterocycles. The zero-order valence-corrected chi connectivity index (χ0v) is 13.4. The molecule has 4 nitrogen and oxygen atoms in total. The van der Waals surface area contributed by atoms with Gasteiger partial charge in [0.25, 0.3) is 5.91 Å². The van der Waals surface area contributed by atoms with E-state index >= 15 is 0 Å². The summed E-state index contributed by atoms with van der Waals surface area (Å²) in [5.74, 6) is 5.58. The number of carbonyl (C=O) groups excluding carboxylic acids is 1. The van der Waals surface area contributed by atoms with E-state index in [9.17, 15) is 4.79 Å². The van der Waals surface area contributed by atoms with E-state index in [1.54, 1.807) is 0 Å². The minimum Gasteiger partial charge on any atom is -0.384 e. The van der Waals surface area contributed by atoms with Crippen LogP contribution in [0.3, 0.4) is 0 Å². The summed E-state index contributed by atoms with van der Waals surface area (Å²) in [6.45, 7) is 4.77. The van der Waals surface area contributed by atoms with E-state index in [1.807, 2.05) is 16.3 Å². The fraction of sp³-hybridized carbons (Fsp3) is 0.562. The molecule has 2 rings (SSSR count). The number of hydrogen-bond acceptors (Lipinski definition) is 4. The number of thiophene rings is 1. The lowest BCUT2D eigenvalue weighted by Gasteiger charge is -2.30. The molecule has 0 saturated carbocycles. The fourth-order valence-electron chi connectivity index (χ4n) is 2.67. The molecule has 21 heavy (non-hydrogen) atoms. The van der Waals surface area contributed by atoms with Gasteiger partial charge in [-0.05, 0) is 32.5 Å². The Balaban J connectivity index is 2.15. The van der Waals surface area contributed by atoms with Crippen LogP contribution in [-0.4, -0.2) is 60.1 Å². The van der Waals surface area contributed by atoms with E-state index in [1.165, 1.54) is 11.3 Å². The Morgan fingerprint density at radius 2 is 2.33 bits per heavy atom. The molecular formula is C16H22N2O2S. The Morgan fingerprint density at radius 3 is 3.05 bits per heavy atom. The Labute approximate surface area is 130 Å². The number of carbonyl (C=O) groups is 1. The predicted octanol–water partition coefficient (Wildman–Crippen LogP) is 1.65. The van der Waals surface area contributed by atoms with Crippen molar-refractivity contribution in [2.24, 2.45) is 0 Å². The van der Waals surface area contributed by atoms with Crippen molar-refractivity contribution in [3.63, 3.8) is 0 Å². The lowest BCUT2D eigenvalue weighted by atomic mass is 10.1. The lowest BCUT2D eigenvalue weighted by Crippen LogP contribution is -2.43. The van der Waals surface area contributed by atoms with Crippen LogP contribution in [0.2, 0.25) is 0 Å². The van der Waals surface area contributed by atoms with Crippen LogP contribution in [-0.2, 0) is 0 Å². The number of likely N-dealkylation sites (N-methyl/N-ethyl adjacent to an activating group) is 1. The average molecular weight is 306 g/mol. The molecule has 1 atom stereocenters. The third-order valence-electron chi connectivity index (χ3n) is 3.77. The highest BCUT2D eigenvalue weighted by Crippen LogP contribution is 2.20. The second-order valence-electron chi connectivity index (χ2n) is 5.34. The Kier molecular flexibility index (Phi) is 5.80. The highest BCUT2D eigenvalue weighted by molar-refractivity contribution is 7.10. The highest BCUT2D eigenvalue weighted by atomic mass is 32.1. The van der Waals surface area contributed by atoms with Crippen LogP contribution >= 0.6 is 11.3 Å². The SMILES string of the molecule is CCC1CN(C)CCCN1C(=O)c1csc(C#CCO)c1. The summed E-state index contributed by atoms with van der Waals surface area (Å²) in [6.07, 6.45) is 1.98. The number of aliphatic hydroxyl groups is 1. The van der Waals surface area contributed by atoms with Crippen molar-refractivity contribution >= 4 is 17.2 Å². The van der Waals surface area contributed by atoms with E-state index in [0.29, 0.717) is 5.56 Å². The molecule has 1 saturated heterocycles. The largest absolute Gasteiger partial charge is 0.384 e. The molecule has 1 N–H and O–H groups in total. The summed E-state index contributed by atoms with van der Waals surface area (Å²) in [5.41, 5.74) is 0.713. The summed E-state index contributed by atoms with van der Waals surface area (Å²) >= 11 is 1.45. The molecule has 1 fully saturated rings. The van der Waals surface area contributed by atoms with Crippen molar-refractivity contribution in [3.8, 4) is 11.8 Å². The van der Waals surface area contributed by atoms with Crippen LogP contribution in [0.5, 0.6) is 0 Å². The minimum absolute atomic E-state index is 0.102. The van der Waals surface area contributed by atoms with E-state index in [2.05, 4.69) is 30.7 Å². The monoisotopic (exact) mass is 306 g/mol. The molecule has 1 aromatic heterocycles. The van der Waals surface area contributed by atoms with Crippen LogP contribution in [0.25, 0.3) is 0 Å². The van der Waals surface area contributed by atoms with Crippen molar-refractivity contribution in [1.82, 2.24) is 9.80 Å². The van der Waals surface area contributed by atoms with Crippen LogP contribution in [0.15, 0.2) is 11.4 Å². The molecule has 114 valence electrons. The molecule has 0 spiro atoms. The number of rotatable bonds is 2. The van der Waals surface area contributed by atoms with Gasteiger partial charge in [0.05, 0.1) is 10.4 Å². The van der Waals surface area contributed by atoms with Gasteiger partial charge in [0, 0.05) is 24.5 Å². The van der Waals surface area contributed by atoms with Gasteiger partial charge in [0.15, 0.2) is 0 Å². The minimum atomic E-state index is -0.155. The third kappa shape index (κ3) is 4.07. The van der Waals surface area contributed by atoms with Crippen LogP contribution in [0.1, 0.15) is 35.0 Å². The molecule has 5 heteroatoms. The van der Waals surface area contributed by atoms with Gasteiger partial charge in [-0.1, -0.05) is 18.8 Å². The van der Waals surface area contributed by atoms with E-state index in [0.717, 1.165) is 37.4 Å². The maximum absolute atomic E-state index is 12.7. The predicted molar refractivity (Wildman–Crippen MR) is 85.5 cm³/mol. The van der Waals surface area contributed by atoms with Gasteiger partial charge < -0.3 is 14.9 Å². The maximum atomic E-state index is 12.7. The first-order valence-corrected chi connectivity index (χ1v) is 8.21. The smallest absolute Gasteiger partial charge is 0.255 e. The molecule has 1 aromatic rings. The van der Waals surface area contributed by atoms with Gasteiger partial charge in [0.2, 0.25) is 0 Å². The zero-order chi connectivity index (χ0) is 15.2. The first-order chi connectivity index (χ1) is 10.2. The average Bonchev–Trinajstić information content (AvgIpc) is 2.87. The summed E-state index contributed by atoms with van der Waals surface area (Å²) in [4.78, 5) is 17.9. The van der Waals surface area contributed by atoms with E-state index < -0.39 is 0 Å². The fourth-order valence-corrected chi connectivity index (χ4v) is 3.42. The Bertz CT molecular complexity index is 544. The van der Waals surface area contributed by atoms with Crippen molar-refractivity contribution < 1.29 is 9.90 Å². The topological polar surface area (TPSA) is 43.8 Å². The summed E-state index contributed by atoms with van der Waals surface area (Å²) in [7, 11) is 2.11. The normalized spacial score (nSPS) is 19.8. The van der Waals surface area contributed by atoms with Gasteiger partial charge in [-0.3, -0.25) is 4.79 Å². The quantitative estimate of drug-likeness (QED) is 0.845. The molecule has 0 aliphatic carbocycles. The number of amides is 1. The molecule has 0 bridgehead atoms. The van der Waals surface area contributed by atoms with Crippen molar-refractivity contribution in [3.05, 3.63) is 21.9 Å². The van der Waals surface area contributed by atoms with Gasteiger partial charge in [-0.15, -0.1) is 11.3 Å². The molecule has 1 unspecified atom stereocenters. The summed E-state index contributed by atoms with van der Waals surface area (Å²) in [6, 6.07) is 2.11. The molecule has 1 aliphatic rings. The van der Waals surface area contributed by atoms with Crippen LogP contribution in [0.4, 0.5) is 0 Å². The van der Waals surface area contributed by atoms with Gasteiger partial charge in [-0.25, -0.2) is 0 Å². The molecule has 1 aliphatic heterocycles. The highest BCUT2D eigenvalue weighted by Gasteiger charge is 2.27. The lowest BCUT2D eigenvalue weighted by molar-refractivity contribution is 0.0676. The van der Waals surface area contributed by atoms with Gasteiger partial charge >= 0.3 is 0 Å². The van der Waals surface area contributed by atoms with Crippen molar-refractivity contribution in [2.45, 2.75) is 25.8 Å². The van der Waals surface area contributed by atoms with Gasteiger partial charge in [0.1, 0.15) is 6.61 Å². The number of nitrogens with zero attached hydrogens (tertiary/aromatic N) is 2. The van der Waals surface area contributed by atoms with Crippen molar-refractivity contribution in [2.75, 3.05) is 33.3 Å². The van der Waals surface area contributed by atoms with Gasteiger partial charge in [-0.2, -0.15) is 0 Å². The van der Waals surface area contributed by atoms with Crippen LogP contribution < -0.4 is 0 Å². The Hall–Kier alpha value is -1.35. The molecule has 1 amide bonds. The summed E-state index contributed by atoms with van der Waals surface area (Å²) in [5, 5.41) is 10.6. The summed E-state index contributed by atoms with van der Waals surface area (Å²) < 4.78 is 0. The standard InChI is InChI=1S/C16H22N2O2S/c1-3-14-11-17(2)7-5-8-18(14)16(20)13-10-15(21-12-13)6-4-9-19/h10,12,14,19H,3,5,7-9,11H2,1-2H3. The second-order valence-corrected chi connectivity index (χ2v) is 6.25. The molecular weight excluding hydrogens is 284 g/mol. The van der Waals surface area contributed by atoms with Crippen molar-refractivity contribution in [1.29, 1.82) is 0 Å². The number of aliphatic hydroxyl groups excluding tert-OH is 1. The van der Waals surface area contributed by atoms with E-state index in [-0.39, 0.29) is 18.6 Å². The zero-order valence-electron chi connectivity index (χ0n) is 12.6. The first kappa shape index (κ1) is 16.0. The third-order valence-corrected chi connectivity index (χ3v) is 4.62.